The maximum atomic E-state index is 10.9. The molecule has 1 fully saturated rings. The third-order valence-corrected chi connectivity index (χ3v) is 4.26. The van der Waals surface area contributed by atoms with E-state index in [1.165, 1.54) is 11.3 Å². The highest BCUT2D eigenvalue weighted by Crippen LogP contribution is 2.38. The highest BCUT2D eigenvalue weighted by atomic mass is 32.1. The molecule has 106 valence electrons. The lowest BCUT2D eigenvalue weighted by Gasteiger charge is -2.35. The summed E-state index contributed by atoms with van der Waals surface area (Å²) < 4.78 is 11.3. The van der Waals surface area contributed by atoms with E-state index in [-0.39, 0.29) is 0 Å². The molecular weight excluding hydrogens is 268 g/mol. The molecule has 1 aromatic rings. The molecular formula is C12H18N2O4S. The van der Waals surface area contributed by atoms with Crippen molar-refractivity contribution in [2.75, 3.05) is 19.8 Å². The van der Waals surface area contributed by atoms with Crippen LogP contribution in [0.2, 0.25) is 0 Å². The van der Waals surface area contributed by atoms with Crippen LogP contribution in [0.25, 0.3) is 0 Å². The molecule has 2 heterocycles. The zero-order chi connectivity index (χ0) is 13.9. The molecule has 0 radical (unpaired) electrons. The van der Waals surface area contributed by atoms with Gasteiger partial charge in [0.25, 0.3) is 0 Å². The second-order valence-electron chi connectivity index (χ2n) is 4.43. The SMILES string of the molecule is CCOC1(c2nc(C(N)C(=O)O)cs2)CCOCC1. The van der Waals surface area contributed by atoms with Gasteiger partial charge in [0.15, 0.2) is 0 Å². The predicted molar refractivity (Wildman–Crippen MR) is 70.0 cm³/mol. The number of ether oxygens (including phenoxy) is 2. The van der Waals surface area contributed by atoms with E-state index in [2.05, 4.69) is 4.98 Å². The first-order valence-corrected chi connectivity index (χ1v) is 7.13. The van der Waals surface area contributed by atoms with Crippen LogP contribution >= 0.6 is 11.3 Å². The Kier molecular flexibility index (Phi) is 4.51. The van der Waals surface area contributed by atoms with E-state index in [1.54, 1.807) is 5.38 Å². The molecule has 0 bridgehead atoms. The molecule has 1 unspecified atom stereocenters. The van der Waals surface area contributed by atoms with Crippen LogP contribution in [0, 0.1) is 0 Å². The molecule has 0 amide bonds. The van der Waals surface area contributed by atoms with Crippen LogP contribution in [-0.2, 0) is 19.9 Å². The number of carboxylic acid groups (broad SMARTS) is 1. The van der Waals surface area contributed by atoms with Crippen molar-refractivity contribution in [3.05, 3.63) is 16.1 Å². The molecule has 3 N–H and O–H groups in total. The van der Waals surface area contributed by atoms with Crippen molar-refractivity contribution in [1.82, 2.24) is 4.98 Å². The monoisotopic (exact) mass is 286 g/mol. The molecule has 0 aromatic carbocycles. The van der Waals surface area contributed by atoms with Crippen LogP contribution in [0.5, 0.6) is 0 Å². The lowest BCUT2D eigenvalue weighted by molar-refractivity contribution is -0.138. The summed E-state index contributed by atoms with van der Waals surface area (Å²) >= 11 is 1.41. The summed E-state index contributed by atoms with van der Waals surface area (Å²) in [5, 5.41) is 11.4. The van der Waals surface area contributed by atoms with E-state index in [4.69, 9.17) is 20.3 Å². The maximum absolute atomic E-state index is 10.9. The Morgan fingerprint density at radius 2 is 2.37 bits per heavy atom. The van der Waals surface area contributed by atoms with Crippen molar-refractivity contribution in [1.29, 1.82) is 0 Å². The van der Waals surface area contributed by atoms with E-state index in [9.17, 15) is 4.79 Å². The van der Waals surface area contributed by atoms with Gasteiger partial charge in [-0.25, -0.2) is 4.98 Å². The molecule has 1 atom stereocenters. The van der Waals surface area contributed by atoms with Crippen LogP contribution in [0.4, 0.5) is 0 Å². The van der Waals surface area contributed by atoms with E-state index >= 15 is 0 Å². The number of carbonyl (C=O) groups is 1. The van der Waals surface area contributed by atoms with Crippen molar-refractivity contribution < 1.29 is 19.4 Å². The molecule has 1 aliphatic rings. The Hall–Kier alpha value is -1.02. The number of aromatic nitrogens is 1. The summed E-state index contributed by atoms with van der Waals surface area (Å²) in [6.45, 7) is 3.77. The molecule has 19 heavy (non-hydrogen) atoms. The number of hydrogen-bond donors (Lipinski definition) is 2. The Morgan fingerprint density at radius 3 is 2.95 bits per heavy atom. The van der Waals surface area contributed by atoms with E-state index in [0.29, 0.717) is 25.5 Å². The number of hydrogen-bond acceptors (Lipinski definition) is 6. The molecule has 1 saturated heterocycles. The fourth-order valence-corrected chi connectivity index (χ4v) is 3.23. The lowest BCUT2D eigenvalue weighted by Crippen LogP contribution is -2.36. The van der Waals surface area contributed by atoms with E-state index < -0.39 is 17.6 Å². The predicted octanol–water partition coefficient (Wildman–Crippen LogP) is 1.27. The van der Waals surface area contributed by atoms with Crippen LogP contribution in [0.15, 0.2) is 5.38 Å². The van der Waals surface area contributed by atoms with Gasteiger partial charge in [-0.3, -0.25) is 4.79 Å². The highest BCUT2D eigenvalue weighted by molar-refractivity contribution is 7.09. The largest absolute Gasteiger partial charge is 0.480 e. The van der Waals surface area contributed by atoms with Crippen LogP contribution in [-0.4, -0.2) is 35.9 Å². The van der Waals surface area contributed by atoms with Gasteiger partial charge in [0.1, 0.15) is 16.7 Å². The minimum absolute atomic E-state index is 0.387. The molecule has 0 spiro atoms. The Morgan fingerprint density at radius 1 is 1.68 bits per heavy atom. The van der Waals surface area contributed by atoms with Crippen molar-refractivity contribution >= 4 is 17.3 Å². The molecule has 2 rings (SSSR count). The minimum Gasteiger partial charge on any atom is -0.480 e. The number of carboxylic acids is 1. The van der Waals surface area contributed by atoms with Crippen molar-refractivity contribution in [2.24, 2.45) is 5.73 Å². The number of nitrogens with two attached hydrogens (primary N) is 1. The topological polar surface area (TPSA) is 94.7 Å². The van der Waals surface area contributed by atoms with Gasteiger partial charge in [0.05, 0.1) is 5.69 Å². The summed E-state index contributed by atoms with van der Waals surface area (Å²) in [6.07, 6.45) is 1.46. The highest BCUT2D eigenvalue weighted by Gasteiger charge is 2.38. The molecule has 1 aliphatic heterocycles. The van der Waals surface area contributed by atoms with Crippen molar-refractivity contribution in [3.63, 3.8) is 0 Å². The van der Waals surface area contributed by atoms with Gasteiger partial charge in [-0.15, -0.1) is 11.3 Å². The smallest absolute Gasteiger partial charge is 0.326 e. The summed E-state index contributed by atoms with van der Waals surface area (Å²) in [5.74, 6) is -1.07. The van der Waals surface area contributed by atoms with Gasteiger partial charge < -0.3 is 20.3 Å². The maximum Gasteiger partial charge on any atom is 0.326 e. The molecule has 0 aliphatic carbocycles. The van der Waals surface area contributed by atoms with Crippen LogP contribution in [0.1, 0.15) is 36.5 Å². The van der Waals surface area contributed by atoms with Gasteiger partial charge in [-0.1, -0.05) is 0 Å². The first kappa shape index (κ1) is 14.4. The molecule has 7 heteroatoms. The third kappa shape index (κ3) is 2.94. The van der Waals surface area contributed by atoms with Gasteiger partial charge in [-0.05, 0) is 6.92 Å². The van der Waals surface area contributed by atoms with Crippen molar-refractivity contribution in [2.45, 2.75) is 31.4 Å². The summed E-state index contributed by atoms with van der Waals surface area (Å²) in [6, 6.07) is -1.08. The Labute approximate surface area is 115 Å². The second-order valence-corrected chi connectivity index (χ2v) is 5.29. The molecule has 6 nitrogen and oxygen atoms in total. The first-order chi connectivity index (χ1) is 9.09. The minimum atomic E-state index is -1.08. The zero-order valence-electron chi connectivity index (χ0n) is 10.8. The quantitative estimate of drug-likeness (QED) is 0.846. The van der Waals surface area contributed by atoms with Gasteiger partial charge in [0, 0.05) is 38.0 Å². The zero-order valence-corrected chi connectivity index (χ0v) is 11.6. The van der Waals surface area contributed by atoms with Gasteiger partial charge >= 0.3 is 5.97 Å². The fraction of sp³-hybridized carbons (Fsp3) is 0.667. The summed E-state index contributed by atoms with van der Waals surface area (Å²) in [5.41, 5.74) is 5.51. The normalized spacial score (nSPS) is 20.1. The number of aliphatic carboxylic acids is 1. The molecule has 0 saturated carbocycles. The van der Waals surface area contributed by atoms with Gasteiger partial charge in [0.2, 0.25) is 0 Å². The van der Waals surface area contributed by atoms with Crippen LogP contribution in [0.3, 0.4) is 0 Å². The number of nitrogens with zero attached hydrogens (tertiary/aromatic N) is 1. The Balaban J connectivity index is 2.25. The fourth-order valence-electron chi connectivity index (χ4n) is 2.16. The standard InChI is InChI=1S/C12H18N2O4S/c1-2-18-12(3-5-17-6-4-12)11-14-8(7-19-11)9(13)10(15)16/h7,9H,2-6,13H2,1H3,(H,15,16). The van der Waals surface area contributed by atoms with Crippen molar-refractivity contribution in [3.8, 4) is 0 Å². The summed E-state index contributed by atoms with van der Waals surface area (Å²) in [7, 11) is 0. The summed E-state index contributed by atoms with van der Waals surface area (Å²) in [4.78, 5) is 15.3. The number of rotatable bonds is 5. The first-order valence-electron chi connectivity index (χ1n) is 6.25. The van der Waals surface area contributed by atoms with Crippen LogP contribution < -0.4 is 5.73 Å². The molecule has 1 aromatic heterocycles. The third-order valence-electron chi connectivity index (χ3n) is 3.22. The van der Waals surface area contributed by atoms with E-state index in [1.807, 2.05) is 6.92 Å². The average Bonchev–Trinajstić information content (AvgIpc) is 2.89. The van der Waals surface area contributed by atoms with Gasteiger partial charge in [-0.2, -0.15) is 0 Å². The average molecular weight is 286 g/mol. The Bertz CT molecular complexity index is 437. The second kappa shape index (κ2) is 5.96. The number of thiazole rings is 1. The lowest BCUT2D eigenvalue weighted by atomic mass is 9.94. The van der Waals surface area contributed by atoms with E-state index in [0.717, 1.165) is 17.8 Å².